The van der Waals surface area contributed by atoms with Crippen molar-refractivity contribution in [3.8, 4) is 0 Å². The highest BCUT2D eigenvalue weighted by Gasteiger charge is 2.25. The Morgan fingerprint density at radius 2 is 1.95 bits per heavy atom. The first-order valence-electron chi connectivity index (χ1n) is 6.99. The van der Waals surface area contributed by atoms with Crippen LogP contribution in [0.5, 0.6) is 0 Å². The number of halogens is 1. The van der Waals surface area contributed by atoms with Crippen LogP contribution in [-0.2, 0) is 16.0 Å². The Bertz CT molecular complexity index is 509. The summed E-state index contributed by atoms with van der Waals surface area (Å²) in [6.45, 7) is 7.81. The predicted octanol–water partition coefficient (Wildman–Crippen LogP) is 2.65. The Labute approximate surface area is 131 Å². The first-order valence-corrected chi connectivity index (χ1v) is 7.37. The Balaban J connectivity index is 2.45. The predicted molar refractivity (Wildman–Crippen MR) is 85.3 cm³/mol. The molecule has 1 rings (SSSR count). The normalized spacial score (nSPS) is 11.1. The van der Waals surface area contributed by atoms with Gasteiger partial charge in [-0.3, -0.25) is 9.59 Å². The van der Waals surface area contributed by atoms with E-state index in [1.807, 2.05) is 45.0 Å². The summed E-state index contributed by atoms with van der Waals surface area (Å²) >= 11 is 5.91. The van der Waals surface area contributed by atoms with E-state index < -0.39 is 0 Å². The fourth-order valence-corrected chi connectivity index (χ4v) is 2.27. The zero-order valence-electron chi connectivity index (χ0n) is 13.1. The summed E-state index contributed by atoms with van der Waals surface area (Å²) in [6, 6.07) is 7.55. The van der Waals surface area contributed by atoms with Gasteiger partial charge in [0.05, 0.1) is 0 Å². The third-order valence-corrected chi connectivity index (χ3v) is 3.35. The fraction of sp³-hybridized carbons (Fsp3) is 0.500. The van der Waals surface area contributed by atoms with Gasteiger partial charge in [0.1, 0.15) is 6.54 Å². The molecule has 5 heteroatoms. The molecule has 4 nitrogen and oxygen atoms in total. The molecule has 0 fully saturated rings. The van der Waals surface area contributed by atoms with E-state index in [0.29, 0.717) is 18.0 Å². The Morgan fingerprint density at radius 1 is 1.29 bits per heavy atom. The van der Waals surface area contributed by atoms with Crippen molar-refractivity contribution in [3.63, 3.8) is 0 Å². The number of carbonyl (C=O) groups is 2. The number of carbonyl (C=O) groups excluding carboxylic acids is 2. The Hall–Kier alpha value is -1.55. The average Bonchev–Trinajstić information content (AvgIpc) is 2.34. The molecule has 116 valence electrons. The van der Waals surface area contributed by atoms with Crippen LogP contribution >= 0.6 is 11.6 Å². The van der Waals surface area contributed by atoms with E-state index in [9.17, 15) is 9.59 Å². The van der Waals surface area contributed by atoms with E-state index in [2.05, 4.69) is 5.32 Å². The lowest BCUT2D eigenvalue weighted by atomic mass is 10.1. The largest absolute Gasteiger partial charge is 0.354 e. The van der Waals surface area contributed by atoms with Crippen LogP contribution in [0.4, 0.5) is 0 Å². The molecule has 1 aromatic carbocycles. The minimum absolute atomic E-state index is 0.0778. The molecule has 0 radical (unpaired) electrons. The van der Waals surface area contributed by atoms with Crippen molar-refractivity contribution in [1.29, 1.82) is 0 Å². The lowest BCUT2D eigenvalue weighted by Crippen LogP contribution is -2.49. The Morgan fingerprint density at radius 3 is 2.48 bits per heavy atom. The maximum atomic E-state index is 11.9. The molecule has 1 aromatic rings. The van der Waals surface area contributed by atoms with Gasteiger partial charge in [-0.2, -0.15) is 0 Å². The number of nitrogens with zero attached hydrogens (tertiary/aromatic N) is 1. The van der Waals surface area contributed by atoms with Gasteiger partial charge in [-0.1, -0.05) is 23.7 Å². The molecule has 21 heavy (non-hydrogen) atoms. The van der Waals surface area contributed by atoms with Crippen molar-refractivity contribution in [3.05, 3.63) is 34.9 Å². The van der Waals surface area contributed by atoms with Gasteiger partial charge in [0.2, 0.25) is 11.8 Å². The SMILES string of the molecule is CC(=O)N(CC(=O)NCCc1cccc(Cl)c1)C(C)(C)C. The summed E-state index contributed by atoms with van der Waals surface area (Å²) < 4.78 is 0. The van der Waals surface area contributed by atoms with Gasteiger partial charge >= 0.3 is 0 Å². The maximum absolute atomic E-state index is 11.9. The second-order valence-corrected chi connectivity index (χ2v) is 6.44. The Kier molecular flexibility index (Phi) is 6.21. The molecule has 0 saturated carbocycles. The molecule has 0 aliphatic rings. The second-order valence-electron chi connectivity index (χ2n) is 6.01. The lowest BCUT2D eigenvalue weighted by molar-refractivity contribution is -0.138. The molecule has 0 heterocycles. The van der Waals surface area contributed by atoms with Crippen molar-refractivity contribution in [2.75, 3.05) is 13.1 Å². The third-order valence-electron chi connectivity index (χ3n) is 3.12. The fourth-order valence-electron chi connectivity index (χ4n) is 2.06. The van der Waals surface area contributed by atoms with Gasteiger partial charge in [-0.15, -0.1) is 0 Å². The number of amides is 2. The highest BCUT2D eigenvalue weighted by atomic mass is 35.5. The van der Waals surface area contributed by atoms with E-state index in [4.69, 9.17) is 11.6 Å². The number of hydrogen-bond donors (Lipinski definition) is 1. The molecule has 0 spiro atoms. The molecule has 0 aliphatic carbocycles. The number of rotatable bonds is 5. The molecule has 0 aliphatic heterocycles. The van der Waals surface area contributed by atoms with Gasteiger partial charge in [-0.25, -0.2) is 0 Å². The number of hydrogen-bond acceptors (Lipinski definition) is 2. The van der Waals surface area contributed by atoms with Crippen LogP contribution in [0.25, 0.3) is 0 Å². The minimum Gasteiger partial charge on any atom is -0.354 e. The zero-order chi connectivity index (χ0) is 16.0. The topological polar surface area (TPSA) is 49.4 Å². The summed E-state index contributed by atoms with van der Waals surface area (Å²) in [5.41, 5.74) is 0.706. The molecule has 0 atom stereocenters. The molecular formula is C16H23ClN2O2. The summed E-state index contributed by atoms with van der Waals surface area (Å²) in [5.74, 6) is -0.255. The molecular weight excluding hydrogens is 288 g/mol. The van der Waals surface area contributed by atoms with Crippen LogP contribution in [0, 0.1) is 0 Å². The van der Waals surface area contributed by atoms with Crippen LogP contribution in [0.1, 0.15) is 33.3 Å². The number of nitrogens with one attached hydrogen (secondary N) is 1. The van der Waals surface area contributed by atoms with Crippen LogP contribution in [-0.4, -0.2) is 35.3 Å². The average molecular weight is 311 g/mol. The van der Waals surface area contributed by atoms with Gasteiger partial charge in [0, 0.05) is 24.0 Å². The standard InChI is InChI=1S/C16H23ClN2O2/c1-12(20)19(16(2,3)4)11-15(21)18-9-8-13-6-5-7-14(17)10-13/h5-7,10H,8-9,11H2,1-4H3,(H,18,21). The molecule has 0 aromatic heterocycles. The summed E-state index contributed by atoms with van der Waals surface area (Å²) in [5, 5.41) is 3.52. The molecule has 0 bridgehead atoms. The molecule has 1 N–H and O–H groups in total. The highest BCUT2D eigenvalue weighted by molar-refractivity contribution is 6.30. The highest BCUT2D eigenvalue weighted by Crippen LogP contribution is 2.13. The second kappa shape index (κ2) is 7.46. The first-order chi connectivity index (χ1) is 9.70. The monoisotopic (exact) mass is 310 g/mol. The van der Waals surface area contributed by atoms with Crippen molar-refractivity contribution < 1.29 is 9.59 Å². The van der Waals surface area contributed by atoms with Crippen molar-refractivity contribution in [2.45, 2.75) is 39.7 Å². The quantitative estimate of drug-likeness (QED) is 0.909. The molecule has 0 saturated heterocycles. The summed E-state index contributed by atoms with van der Waals surface area (Å²) in [7, 11) is 0. The molecule has 2 amide bonds. The number of benzene rings is 1. The minimum atomic E-state index is -0.365. The summed E-state index contributed by atoms with van der Waals surface area (Å²) in [4.78, 5) is 25.1. The van der Waals surface area contributed by atoms with Gasteiger partial charge in [0.25, 0.3) is 0 Å². The van der Waals surface area contributed by atoms with E-state index in [-0.39, 0.29) is 23.9 Å². The van der Waals surface area contributed by atoms with Crippen molar-refractivity contribution in [2.24, 2.45) is 0 Å². The van der Waals surface area contributed by atoms with E-state index in [0.717, 1.165) is 5.56 Å². The van der Waals surface area contributed by atoms with Gasteiger partial charge < -0.3 is 10.2 Å². The summed E-state index contributed by atoms with van der Waals surface area (Å²) in [6.07, 6.45) is 0.710. The van der Waals surface area contributed by atoms with Crippen molar-refractivity contribution in [1.82, 2.24) is 10.2 Å². The lowest BCUT2D eigenvalue weighted by Gasteiger charge is -2.34. The maximum Gasteiger partial charge on any atom is 0.239 e. The molecule has 0 unspecified atom stereocenters. The van der Waals surface area contributed by atoms with Crippen molar-refractivity contribution >= 4 is 23.4 Å². The van der Waals surface area contributed by atoms with Crippen LogP contribution in [0.3, 0.4) is 0 Å². The van der Waals surface area contributed by atoms with Crippen LogP contribution in [0.2, 0.25) is 5.02 Å². The van der Waals surface area contributed by atoms with Gasteiger partial charge in [0.15, 0.2) is 0 Å². The first kappa shape index (κ1) is 17.5. The van der Waals surface area contributed by atoms with Crippen LogP contribution in [0.15, 0.2) is 24.3 Å². The zero-order valence-corrected chi connectivity index (χ0v) is 13.8. The smallest absolute Gasteiger partial charge is 0.239 e. The van der Waals surface area contributed by atoms with Gasteiger partial charge in [-0.05, 0) is 44.9 Å². The third kappa shape index (κ3) is 6.17. The van der Waals surface area contributed by atoms with E-state index in [1.165, 1.54) is 6.92 Å². The van der Waals surface area contributed by atoms with E-state index >= 15 is 0 Å². The van der Waals surface area contributed by atoms with Crippen LogP contribution < -0.4 is 5.32 Å². The van der Waals surface area contributed by atoms with E-state index in [1.54, 1.807) is 4.90 Å².